The first-order chi connectivity index (χ1) is 12.0. The quantitative estimate of drug-likeness (QED) is 0.775. The summed E-state index contributed by atoms with van der Waals surface area (Å²) in [5, 5.41) is 2.71. The molecular formula is C20H27N3O2. The monoisotopic (exact) mass is 341 g/mol. The van der Waals surface area contributed by atoms with E-state index in [4.69, 9.17) is 0 Å². The van der Waals surface area contributed by atoms with Gasteiger partial charge in [0, 0.05) is 0 Å². The summed E-state index contributed by atoms with van der Waals surface area (Å²) in [5.74, 6) is 0. The van der Waals surface area contributed by atoms with Gasteiger partial charge in [0.25, 0.3) is 0 Å². The first kappa shape index (κ1) is 18.8. The smallest absolute Gasteiger partial charge is 0.246 e. The van der Waals surface area contributed by atoms with Crippen LogP contribution in [0.2, 0.25) is 0 Å². The van der Waals surface area contributed by atoms with Crippen molar-refractivity contribution >= 4 is 0 Å². The standard InChI is InChI=1S/C20H27N3O2/c1-5-15(3)11-10-12-16(4)18(6-2)23-20(25)22(19(24)21-23)17-13-8-7-9-14-17/h7-9,11-14,18H,5-6,10H2,1-4H3,(H,21,24)/b15-11-,16-12+. The molecule has 0 bridgehead atoms. The molecule has 0 saturated heterocycles. The zero-order valence-corrected chi connectivity index (χ0v) is 15.5. The normalized spacial score (nSPS) is 13.9. The summed E-state index contributed by atoms with van der Waals surface area (Å²) in [6.45, 7) is 8.27. The highest BCUT2D eigenvalue weighted by Crippen LogP contribution is 2.19. The van der Waals surface area contributed by atoms with Gasteiger partial charge in [-0.25, -0.2) is 23.9 Å². The number of H-pyrrole nitrogens is 1. The van der Waals surface area contributed by atoms with Crippen molar-refractivity contribution in [3.63, 3.8) is 0 Å². The van der Waals surface area contributed by atoms with Crippen LogP contribution >= 0.6 is 0 Å². The van der Waals surface area contributed by atoms with Gasteiger partial charge in [-0.1, -0.05) is 55.3 Å². The molecule has 1 aromatic heterocycles. The zero-order chi connectivity index (χ0) is 18.4. The van der Waals surface area contributed by atoms with Crippen molar-refractivity contribution < 1.29 is 0 Å². The molecule has 134 valence electrons. The van der Waals surface area contributed by atoms with Crippen molar-refractivity contribution in [3.05, 3.63) is 74.6 Å². The van der Waals surface area contributed by atoms with Crippen LogP contribution in [0.1, 0.15) is 53.0 Å². The summed E-state index contributed by atoms with van der Waals surface area (Å²) in [6.07, 6.45) is 6.92. The van der Waals surface area contributed by atoms with E-state index in [1.165, 1.54) is 14.8 Å². The number of nitrogens with one attached hydrogen (secondary N) is 1. The van der Waals surface area contributed by atoms with Crippen molar-refractivity contribution in [2.75, 3.05) is 0 Å². The molecule has 0 aliphatic carbocycles. The lowest BCUT2D eigenvalue weighted by molar-refractivity contribution is 0.479. The second-order valence-corrected chi connectivity index (χ2v) is 6.25. The fourth-order valence-corrected chi connectivity index (χ4v) is 2.85. The van der Waals surface area contributed by atoms with Crippen LogP contribution < -0.4 is 11.4 Å². The highest BCUT2D eigenvalue weighted by molar-refractivity contribution is 5.30. The Labute approximate surface area is 148 Å². The molecule has 0 saturated carbocycles. The van der Waals surface area contributed by atoms with Crippen molar-refractivity contribution in [1.82, 2.24) is 14.3 Å². The van der Waals surface area contributed by atoms with Gasteiger partial charge >= 0.3 is 11.4 Å². The minimum Gasteiger partial charge on any atom is -0.246 e. The largest absolute Gasteiger partial charge is 0.352 e. The van der Waals surface area contributed by atoms with E-state index in [1.807, 2.05) is 32.0 Å². The molecule has 0 amide bonds. The van der Waals surface area contributed by atoms with Crippen molar-refractivity contribution in [2.24, 2.45) is 0 Å². The Balaban J connectivity index is 2.38. The molecule has 5 nitrogen and oxygen atoms in total. The molecular weight excluding hydrogens is 314 g/mol. The van der Waals surface area contributed by atoms with Crippen molar-refractivity contribution in [3.8, 4) is 5.69 Å². The average Bonchev–Trinajstić information content (AvgIpc) is 2.90. The summed E-state index contributed by atoms with van der Waals surface area (Å²) >= 11 is 0. The van der Waals surface area contributed by atoms with E-state index in [1.54, 1.807) is 12.1 Å². The number of rotatable bonds is 7. The van der Waals surface area contributed by atoms with Gasteiger partial charge in [-0.15, -0.1) is 0 Å². The molecule has 0 aliphatic rings. The first-order valence-corrected chi connectivity index (χ1v) is 8.80. The molecule has 0 fully saturated rings. The molecule has 2 aromatic rings. The molecule has 0 aliphatic heterocycles. The van der Waals surface area contributed by atoms with Gasteiger partial charge < -0.3 is 0 Å². The van der Waals surface area contributed by atoms with E-state index in [0.29, 0.717) is 5.69 Å². The van der Waals surface area contributed by atoms with E-state index >= 15 is 0 Å². The first-order valence-electron chi connectivity index (χ1n) is 8.80. The second kappa shape index (κ2) is 8.51. The van der Waals surface area contributed by atoms with Crippen molar-refractivity contribution in [2.45, 2.75) is 53.0 Å². The summed E-state index contributed by atoms with van der Waals surface area (Å²) in [6, 6.07) is 8.83. The predicted octanol–water partition coefficient (Wildman–Crippen LogP) is 3.97. The minimum absolute atomic E-state index is 0.152. The summed E-state index contributed by atoms with van der Waals surface area (Å²) in [4.78, 5) is 25.1. The van der Waals surface area contributed by atoms with Crippen molar-refractivity contribution in [1.29, 1.82) is 0 Å². The number of aromatic nitrogens is 3. The maximum atomic E-state index is 12.8. The lowest BCUT2D eigenvalue weighted by Gasteiger charge is -2.16. The van der Waals surface area contributed by atoms with E-state index in [2.05, 4.69) is 31.1 Å². The Morgan fingerprint density at radius 2 is 1.80 bits per heavy atom. The zero-order valence-electron chi connectivity index (χ0n) is 15.5. The highest BCUT2D eigenvalue weighted by Gasteiger charge is 2.18. The van der Waals surface area contributed by atoms with E-state index in [-0.39, 0.29) is 11.7 Å². The van der Waals surface area contributed by atoms with Crippen LogP contribution in [-0.4, -0.2) is 14.3 Å². The third-order valence-corrected chi connectivity index (χ3v) is 4.52. The lowest BCUT2D eigenvalue weighted by atomic mass is 10.0. The molecule has 1 unspecified atom stereocenters. The topological polar surface area (TPSA) is 59.8 Å². The maximum Gasteiger partial charge on any atom is 0.352 e. The van der Waals surface area contributed by atoms with Gasteiger partial charge in [-0.2, -0.15) is 0 Å². The van der Waals surface area contributed by atoms with Crippen LogP contribution in [0.3, 0.4) is 0 Å². The molecule has 0 radical (unpaired) electrons. The number of hydrogen-bond acceptors (Lipinski definition) is 2. The van der Waals surface area contributed by atoms with Crippen LogP contribution in [0.25, 0.3) is 5.69 Å². The molecule has 1 atom stereocenters. The van der Waals surface area contributed by atoms with Crippen LogP contribution in [0.4, 0.5) is 0 Å². The summed E-state index contributed by atoms with van der Waals surface area (Å²) in [5.41, 5.74) is 2.25. The number of benzene rings is 1. The van der Waals surface area contributed by atoms with Gasteiger partial charge in [0.05, 0.1) is 11.7 Å². The van der Waals surface area contributed by atoms with E-state index in [9.17, 15) is 9.59 Å². The Morgan fingerprint density at radius 1 is 1.12 bits per heavy atom. The molecule has 5 heteroatoms. The summed E-state index contributed by atoms with van der Waals surface area (Å²) in [7, 11) is 0. The number of allylic oxidation sites excluding steroid dienone is 4. The highest BCUT2D eigenvalue weighted by atomic mass is 16.2. The molecule has 25 heavy (non-hydrogen) atoms. The fourth-order valence-electron chi connectivity index (χ4n) is 2.85. The maximum absolute atomic E-state index is 12.8. The number of nitrogens with zero attached hydrogens (tertiary/aromatic N) is 2. The van der Waals surface area contributed by atoms with Crippen LogP contribution in [0, 0.1) is 0 Å². The van der Waals surface area contributed by atoms with Crippen LogP contribution in [0.5, 0.6) is 0 Å². The number of para-hydroxylation sites is 1. The Kier molecular flexibility index (Phi) is 6.39. The number of hydrogen-bond donors (Lipinski definition) is 1. The van der Waals surface area contributed by atoms with E-state index < -0.39 is 5.69 Å². The fraction of sp³-hybridized carbons (Fsp3) is 0.400. The molecule has 2 rings (SSSR count). The SMILES string of the molecule is CC/C(C)=C\C/C=C(\C)C(CC)n1[nH]c(=O)n(-c2ccccc2)c1=O. The van der Waals surface area contributed by atoms with Gasteiger partial charge in [0.1, 0.15) is 0 Å². The predicted molar refractivity (Wildman–Crippen MR) is 102 cm³/mol. The molecule has 0 spiro atoms. The third kappa shape index (κ3) is 4.29. The lowest BCUT2D eigenvalue weighted by Crippen LogP contribution is -2.29. The van der Waals surface area contributed by atoms with Gasteiger partial charge in [-0.3, -0.25) is 0 Å². The molecule has 1 aromatic carbocycles. The van der Waals surface area contributed by atoms with E-state index in [0.717, 1.165) is 24.8 Å². The van der Waals surface area contributed by atoms with Crippen LogP contribution in [-0.2, 0) is 0 Å². The Hall–Kier alpha value is -2.56. The Morgan fingerprint density at radius 3 is 2.40 bits per heavy atom. The number of aromatic amines is 1. The third-order valence-electron chi connectivity index (χ3n) is 4.52. The average molecular weight is 341 g/mol. The van der Waals surface area contributed by atoms with Gasteiger partial charge in [0.15, 0.2) is 0 Å². The Bertz CT molecular complexity index is 866. The summed E-state index contributed by atoms with van der Waals surface area (Å²) < 4.78 is 2.62. The van der Waals surface area contributed by atoms with Crippen LogP contribution in [0.15, 0.2) is 63.2 Å². The second-order valence-electron chi connectivity index (χ2n) is 6.25. The molecule has 1 N–H and O–H groups in total. The van der Waals surface area contributed by atoms with Gasteiger partial charge in [0.2, 0.25) is 0 Å². The minimum atomic E-state index is -0.413. The van der Waals surface area contributed by atoms with Gasteiger partial charge in [-0.05, 0) is 45.2 Å². The molecule has 1 heterocycles.